The number of amides is 5. The number of rotatable bonds is 12. The summed E-state index contributed by atoms with van der Waals surface area (Å²) in [5, 5.41) is 101. The van der Waals surface area contributed by atoms with Crippen LogP contribution in [-0.2, 0) is 78.4 Å². The number of carbonyl (C=O) groups is 8. The lowest BCUT2D eigenvalue weighted by Gasteiger charge is -2.26. The van der Waals surface area contributed by atoms with Crippen molar-refractivity contribution >= 4 is 105 Å². The van der Waals surface area contributed by atoms with Gasteiger partial charge in [-0.15, -0.1) is 0 Å². The molecule has 0 bridgehead atoms. The highest BCUT2D eigenvalue weighted by molar-refractivity contribution is 6.35. The van der Waals surface area contributed by atoms with Crippen molar-refractivity contribution in [2.75, 3.05) is 105 Å². The average Bonchev–Trinajstić information content (AvgIpc) is 0.801. The molecule has 0 aliphatic carbocycles. The number of fused-ring (bicyclic) bond motifs is 4. The molecule has 0 saturated carbocycles. The number of hydrogen-bond acceptors (Lipinski definition) is 27. The third-order valence-corrected chi connectivity index (χ3v) is 23.8. The molecule has 4 aromatic rings. The van der Waals surface area contributed by atoms with Crippen LogP contribution in [0.1, 0.15) is 231 Å². The molecule has 724 valence electrons. The molecule has 35 heteroatoms. The highest BCUT2D eigenvalue weighted by Gasteiger charge is 2.31. The number of allylic oxidation sites excluding steroid dienone is 14. The van der Waals surface area contributed by atoms with E-state index in [1.165, 1.54) is 6.07 Å². The summed E-state index contributed by atoms with van der Waals surface area (Å²) in [6.07, 6.45) is 53.2. The molecule has 8 heterocycles. The molecule has 0 spiro atoms. The predicted octanol–water partition coefficient (Wildman–Crippen LogP) is 16.5. The molecule has 0 radical (unpaired) electrons. The second-order valence-electron chi connectivity index (χ2n) is 33.1. The predicted molar refractivity (Wildman–Crippen MR) is 510 cm³/mol. The molecule has 8 aliphatic rings. The van der Waals surface area contributed by atoms with E-state index in [1.807, 2.05) is 61.6 Å². The number of phenols is 8. The summed E-state index contributed by atoms with van der Waals surface area (Å²) in [4.78, 5) is 129. The first-order chi connectivity index (χ1) is 64.8. The second kappa shape index (κ2) is 57.3. The Hall–Kier alpha value is -12.3. The maximum Gasteiger partial charge on any atom is 0.342 e. The van der Waals surface area contributed by atoms with Gasteiger partial charge in [0, 0.05) is 115 Å². The van der Waals surface area contributed by atoms with E-state index in [2.05, 4.69) is 44.2 Å². The van der Waals surface area contributed by atoms with Gasteiger partial charge in [0.05, 0.1) is 63.3 Å². The van der Waals surface area contributed by atoms with E-state index in [0.29, 0.717) is 67.3 Å². The Morgan fingerprint density at radius 3 is 1.01 bits per heavy atom. The summed E-state index contributed by atoms with van der Waals surface area (Å²) in [6, 6.07) is 5.61. The molecule has 5 amide bonds. The van der Waals surface area contributed by atoms with Crippen molar-refractivity contribution in [1.82, 2.24) is 24.9 Å². The summed E-state index contributed by atoms with van der Waals surface area (Å²) >= 11 is 19.0. The van der Waals surface area contributed by atoms with Gasteiger partial charge in [-0.25, -0.2) is 14.4 Å². The summed E-state index contributed by atoms with van der Waals surface area (Å²) in [5.41, 5.74) is 2.25. The number of likely N-dealkylation sites (tertiary alicyclic amines) is 4. The van der Waals surface area contributed by atoms with E-state index in [1.54, 1.807) is 43.9 Å². The molecule has 134 heavy (non-hydrogen) atoms. The minimum atomic E-state index is -0.753. The number of aromatic hydroxyl groups is 8. The van der Waals surface area contributed by atoms with Crippen LogP contribution in [0.5, 0.6) is 46.0 Å². The quantitative estimate of drug-likeness (QED) is 0.0275. The Morgan fingerprint density at radius 1 is 0.358 bits per heavy atom. The molecule has 1 unspecified atom stereocenters. The Balaban J connectivity index is 0.000000201. The van der Waals surface area contributed by atoms with Crippen molar-refractivity contribution in [2.24, 2.45) is 26.5 Å². The van der Waals surface area contributed by atoms with Crippen molar-refractivity contribution in [2.45, 2.75) is 193 Å². The maximum absolute atomic E-state index is 12.8. The van der Waals surface area contributed by atoms with E-state index >= 15 is 0 Å². The number of esters is 3. The minimum Gasteiger partial charge on any atom is -0.508 e. The van der Waals surface area contributed by atoms with Gasteiger partial charge < -0.3 is 99.3 Å². The van der Waals surface area contributed by atoms with Crippen LogP contribution in [0.4, 0.5) is 0 Å². The van der Waals surface area contributed by atoms with Gasteiger partial charge in [0.15, 0.2) is 26.4 Å². The van der Waals surface area contributed by atoms with Crippen LogP contribution in [0, 0.1) is 5.92 Å². The van der Waals surface area contributed by atoms with Gasteiger partial charge in [0.25, 0.3) is 29.5 Å². The molecule has 32 nitrogen and oxygen atoms in total. The van der Waals surface area contributed by atoms with Crippen LogP contribution >= 0.6 is 34.8 Å². The number of phenolic OH excluding ortho intramolecular Hbond substituents is 8. The van der Waals surface area contributed by atoms with Crippen LogP contribution in [0.3, 0.4) is 0 Å². The monoisotopic (exact) mass is 1910 g/mol. The number of nitrogens with one attached hydrogen (secondary N) is 1. The molecular weight excluding hydrogens is 1790 g/mol. The third kappa shape index (κ3) is 34.9. The number of nitrogens with zero attached hydrogens (tertiary/aromatic N) is 8. The van der Waals surface area contributed by atoms with Crippen LogP contribution < -0.4 is 5.32 Å². The molecular formula is C99H124Cl3N9O23. The molecule has 4 aromatic carbocycles. The maximum atomic E-state index is 12.8. The van der Waals surface area contributed by atoms with E-state index in [0.717, 1.165) is 205 Å². The topological polar surface area (TPSA) is 437 Å². The van der Waals surface area contributed by atoms with Gasteiger partial charge >= 0.3 is 17.9 Å². The summed E-state index contributed by atoms with van der Waals surface area (Å²) < 4.78 is 16.0. The molecule has 1 atom stereocenters. The molecule has 12 rings (SSSR count). The van der Waals surface area contributed by atoms with Crippen molar-refractivity contribution in [1.29, 1.82) is 0 Å². The summed E-state index contributed by atoms with van der Waals surface area (Å²) in [7, 11) is 0. The van der Waals surface area contributed by atoms with E-state index in [4.69, 9.17) is 68.4 Å². The fraction of sp³-hybridized carbons (Fsp3) is 0.475. The van der Waals surface area contributed by atoms with Gasteiger partial charge in [0.2, 0.25) is 0 Å². The molecule has 8 aliphatic heterocycles. The number of carbonyl (C=O) groups excluding carboxylic acids is 8. The normalized spacial score (nSPS) is 21.5. The minimum absolute atomic E-state index is 0.00276. The largest absolute Gasteiger partial charge is 0.508 e. The molecule has 9 N–H and O–H groups in total. The Bertz CT molecular complexity index is 4890. The van der Waals surface area contributed by atoms with Crippen molar-refractivity contribution in [3.05, 3.63) is 187 Å². The molecule has 4 saturated heterocycles. The van der Waals surface area contributed by atoms with Crippen LogP contribution in [0.2, 0.25) is 15.1 Å². The lowest BCUT2D eigenvalue weighted by Crippen LogP contribution is -2.37. The smallest absolute Gasteiger partial charge is 0.342 e. The number of piperidine rings is 4. The number of ether oxygens (including phenoxy) is 3. The fourth-order valence-corrected chi connectivity index (χ4v) is 16.0. The zero-order chi connectivity index (χ0) is 95.9. The van der Waals surface area contributed by atoms with Gasteiger partial charge in [-0.05, 0) is 213 Å². The zero-order valence-corrected chi connectivity index (χ0v) is 78.2. The summed E-state index contributed by atoms with van der Waals surface area (Å²) in [6.45, 7) is 7.89. The second-order valence-corrected chi connectivity index (χ2v) is 34.2. The zero-order valence-electron chi connectivity index (χ0n) is 75.9. The summed E-state index contributed by atoms with van der Waals surface area (Å²) in [5.74, 6) is -6.01. The van der Waals surface area contributed by atoms with E-state index < -0.39 is 41.1 Å². The highest BCUT2D eigenvalue weighted by atomic mass is 35.5. The van der Waals surface area contributed by atoms with Gasteiger partial charge in [-0.2, -0.15) is 0 Å². The lowest BCUT2D eigenvalue weighted by atomic mass is 9.99. The van der Waals surface area contributed by atoms with Crippen LogP contribution in [-0.4, -0.2) is 236 Å². The van der Waals surface area contributed by atoms with Crippen molar-refractivity contribution < 1.29 is 113 Å². The Kier molecular flexibility index (Phi) is 45.1. The first kappa shape index (κ1) is 105. The number of halogens is 3. The number of benzene rings is 4. The first-order valence-electron chi connectivity index (χ1n) is 46.0. The Morgan fingerprint density at radius 2 is 0.657 bits per heavy atom. The first-order valence-corrected chi connectivity index (χ1v) is 47.2. The van der Waals surface area contributed by atoms with Crippen LogP contribution in [0.15, 0.2) is 148 Å². The third-order valence-electron chi connectivity index (χ3n) is 22.5. The molecule has 4 fully saturated rings. The Labute approximate surface area is 796 Å². The van der Waals surface area contributed by atoms with E-state index in [-0.39, 0.29) is 184 Å². The van der Waals surface area contributed by atoms with Gasteiger partial charge in [-0.1, -0.05) is 135 Å². The highest BCUT2D eigenvalue weighted by Crippen LogP contribution is 2.41. The fourth-order valence-electron chi connectivity index (χ4n) is 15.4. The standard InChI is InChI=1S/3C25H31ClN2O6.C24H31N3O5/c1-17-9-5-2-3-6-10-18(27-34-16-22(31)28-11-7-4-8-12-28)13-19-23(25(32)33-15-17)20(29)14-21(30)24(19)26;2*26-24-19-15-18(27-34-17-22(31)28-12-8-6-9-13-28)11-7-4-2-1-3-5-10-14-33-25(32)23(19)20(29)16-21(24)30;28-20-15-18-14-19(26-32-17-22(30)27-12-8-5-9-13-27)10-6-3-1-2-4-7-11-25-24(31)23(18)21(29)16-20/h5-6,9-10,14,17,29-30H,2-4,7-8,11-13,15-16H2,1H3;2*1,3,7,11,16,29-30H,2,4-6,8-10,12-15,17H2;2,4,6,10,15-16,28-29H,1,3,5,7-9,11-14,17H2,(H,25,31)/b9-5+,10-6+,27-18-;3-1+,11-7+,27-18+;3-1+,11-7+,27-18-;4-2+,10-6+,26-19+. The number of hydrogen-bond donors (Lipinski definition) is 9. The average molecular weight is 1910 g/mol. The number of oxime groups is 4. The molecule has 0 aromatic heterocycles. The van der Waals surface area contributed by atoms with Gasteiger partial charge in [0.1, 0.15) is 62.7 Å². The van der Waals surface area contributed by atoms with E-state index in [9.17, 15) is 79.2 Å². The lowest BCUT2D eigenvalue weighted by molar-refractivity contribution is -0.137. The van der Waals surface area contributed by atoms with Crippen molar-refractivity contribution in [3.63, 3.8) is 0 Å². The van der Waals surface area contributed by atoms with Crippen LogP contribution in [0.25, 0.3) is 0 Å². The number of cyclic esters (lactones) is 3. The van der Waals surface area contributed by atoms with Crippen molar-refractivity contribution in [3.8, 4) is 46.0 Å². The van der Waals surface area contributed by atoms with Gasteiger partial charge in [-0.3, -0.25) is 24.0 Å². The SMILES string of the molecule is CC1/C=C/CC/C=C/C(=N/OCC(=O)N2CCCCC2)Cc2c(Cl)c(O)cc(O)c2C(=O)OC1.O=C1NCC/C=C/CC/C=C/C(=N\OCC(=O)N2CCCCC2)Cc2cc(O)cc(O)c21.O=C1OCCC/C=C/CC/C=C/C(=N/OCC(=O)N2CCCCC2)Cc2c(Cl)c(O)cc(O)c21.O=C1OCCC/C=C/CC/C=C/C(=N\OCC(=O)N2CCCCC2)Cc2c(Cl)c(O)cc(O)c21.